The Kier molecular flexibility index (Phi) is 4.06. The Morgan fingerprint density at radius 2 is 1.81 bits per heavy atom. The van der Waals surface area contributed by atoms with Crippen molar-refractivity contribution in [1.29, 1.82) is 0 Å². The summed E-state index contributed by atoms with van der Waals surface area (Å²) >= 11 is 1.50. The first-order valence-corrected chi connectivity index (χ1v) is 7.83. The van der Waals surface area contributed by atoms with Crippen LogP contribution in [0, 0.1) is 6.92 Å². The van der Waals surface area contributed by atoms with Gasteiger partial charge >= 0.3 is 0 Å². The van der Waals surface area contributed by atoms with Crippen molar-refractivity contribution >= 4 is 28.5 Å². The van der Waals surface area contributed by atoms with Gasteiger partial charge in [-0.05, 0) is 24.6 Å². The first-order valence-electron chi connectivity index (χ1n) is 6.85. The number of nitrogens with zero attached hydrogens (tertiary/aromatic N) is 2. The second kappa shape index (κ2) is 6.14. The van der Waals surface area contributed by atoms with Gasteiger partial charge in [0.15, 0.2) is 5.17 Å². The zero-order valence-corrected chi connectivity index (χ0v) is 12.6. The minimum atomic E-state index is 0.120. The molecule has 2 aromatic rings. The van der Waals surface area contributed by atoms with Crippen LogP contribution >= 0.6 is 11.8 Å². The van der Waals surface area contributed by atoms with Crippen LogP contribution in [0.3, 0.4) is 0 Å². The van der Waals surface area contributed by atoms with Crippen LogP contribution in [0.1, 0.15) is 11.1 Å². The van der Waals surface area contributed by atoms with Crippen LogP contribution in [0.2, 0.25) is 0 Å². The van der Waals surface area contributed by atoms with Crippen LogP contribution in [0.4, 0.5) is 5.69 Å². The van der Waals surface area contributed by atoms with E-state index in [4.69, 9.17) is 0 Å². The number of hydrogen-bond acceptors (Lipinski definition) is 3. The van der Waals surface area contributed by atoms with Crippen LogP contribution < -0.4 is 0 Å². The molecule has 0 unspecified atom stereocenters. The molecular weight excluding hydrogens is 280 g/mol. The van der Waals surface area contributed by atoms with Crippen molar-refractivity contribution in [2.24, 2.45) is 4.99 Å². The van der Waals surface area contributed by atoms with Crippen molar-refractivity contribution in [3.63, 3.8) is 0 Å². The van der Waals surface area contributed by atoms with Crippen molar-refractivity contribution in [3.05, 3.63) is 65.7 Å². The highest BCUT2D eigenvalue weighted by Crippen LogP contribution is 2.25. The van der Waals surface area contributed by atoms with E-state index in [-0.39, 0.29) is 5.91 Å². The fourth-order valence-corrected chi connectivity index (χ4v) is 3.03. The van der Waals surface area contributed by atoms with Crippen molar-refractivity contribution in [2.75, 3.05) is 5.75 Å². The fourth-order valence-electron chi connectivity index (χ4n) is 2.13. The second-order valence-electron chi connectivity index (χ2n) is 4.98. The number of amides is 1. The Morgan fingerprint density at radius 1 is 1.10 bits per heavy atom. The zero-order chi connectivity index (χ0) is 14.7. The lowest BCUT2D eigenvalue weighted by Gasteiger charge is -2.16. The van der Waals surface area contributed by atoms with Gasteiger partial charge in [-0.15, -0.1) is 0 Å². The van der Waals surface area contributed by atoms with E-state index >= 15 is 0 Å². The van der Waals surface area contributed by atoms with Gasteiger partial charge in [0.2, 0.25) is 5.91 Å². The van der Waals surface area contributed by atoms with Gasteiger partial charge in [0.25, 0.3) is 0 Å². The van der Waals surface area contributed by atoms with E-state index in [1.807, 2.05) is 61.5 Å². The van der Waals surface area contributed by atoms with Gasteiger partial charge in [-0.25, -0.2) is 4.99 Å². The highest BCUT2D eigenvalue weighted by atomic mass is 32.2. The van der Waals surface area contributed by atoms with E-state index in [2.05, 4.69) is 4.99 Å². The molecule has 3 rings (SSSR count). The summed E-state index contributed by atoms with van der Waals surface area (Å²) in [6, 6.07) is 18.0. The number of amidine groups is 1. The van der Waals surface area contributed by atoms with Crippen molar-refractivity contribution < 1.29 is 4.79 Å². The smallest absolute Gasteiger partial charge is 0.239 e. The Labute approximate surface area is 128 Å². The number of hydrogen-bond donors (Lipinski definition) is 0. The average Bonchev–Trinajstić information content (AvgIpc) is 2.84. The molecule has 1 saturated heterocycles. The highest BCUT2D eigenvalue weighted by Gasteiger charge is 2.28. The van der Waals surface area contributed by atoms with Crippen LogP contribution in [-0.4, -0.2) is 21.7 Å². The minimum absolute atomic E-state index is 0.120. The second-order valence-corrected chi connectivity index (χ2v) is 5.93. The van der Waals surface area contributed by atoms with Gasteiger partial charge in [-0.2, -0.15) is 0 Å². The van der Waals surface area contributed by atoms with Crippen molar-refractivity contribution in [2.45, 2.75) is 13.5 Å². The molecular formula is C17H16N2OS. The van der Waals surface area contributed by atoms with E-state index < -0.39 is 0 Å². The van der Waals surface area contributed by atoms with E-state index in [0.717, 1.165) is 16.4 Å². The van der Waals surface area contributed by atoms with Crippen LogP contribution in [0.5, 0.6) is 0 Å². The molecule has 0 N–H and O–H groups in total. The molecule has 1 aliphatic heterocycles. The maximum atomic E-state index is 12.1. The lowest BCUT2D eigenvalue weighted by Crippen LogP contribution is -2.28. The number of thioether (sulfide) groups is 1. The number of carbonyl (C=O) groups is 1. The summed E-state index contributed by atoms with van der Waals surface area (Å²) in [5, 5.41) is 0.785. The average molecular weight is 296 g/mol. The summed E-state index contributed by atoms with van der Waals surface area (Å²) in [6.45, 7) is 2.63. The highest BCUT2D eigenvalue weighted by molar-refractivity contribution is 8.15. The normalized spacial score (nSPS) is 16.7. The summed E-state index contributed by atoms with van der Waals surface area (Å²) in [4.78, 5) is 18.4. The zero-order valence-electron chi connectivity index (χ0n) is 11.8. The van der Waals surface area contributed by atoms with Crippen molar-refractivity contribution in [1.82, 2.24) is 4.90 Å². The van der Waals surface area contributed by atoms with E-state index in [1.54, 1.807) is 4.90 Å². The molecule has 0 atom stereocenters. The summed E-state index contributed by atoms with van der Waals surface area (Å²) in [6.07, 6.45) is 0. The first-order chi connectivity index (χ1) is 10.2. The van der Waals surface area contributed by atoms with Crippen LogP contribution in [0.25, 0.3) is 0 Å². The Balaban J connectivity index is 1.83. The third-order valence-electron chi connectivity index (χ3n) is 3.30. The molecule has 1 amide bonds. The number of benzene rings is 2. The third kappa shape index (κ3) is 3.34. The first kappa shape index (κ1) is 13.9. The molecule has 3 nitrogen and oxygen atoms in total. The monoisotopic (exact) mass is 296 g/mol. The van der Waals surface area contributed by atoms with Gasteiger partial charge < -0.3 is 0 Å². The molecule has 0 aromatic heterocycles. The molecule has 21 heavy (non-hydrogen) atoms. The predicted octanol–water partition coefficient (Wildman–Crippen LogP) is 3.76. The number of carbonyl (C=O) groups excluding carboxylic acids is 1. The molecule has 1 fully saturated rings. The molecule has 0 bridgehead atoms. The topological polar surface area (TPSA) is 32.7 Å². The van der Waals surface area contributed by atoms with Gasteiger partial charge in [0, 0.05) is 0 Å². The lowest BCUT2D eigenvalue weighted by molar-refractivity contribution is -0.124. The SMILES string of the molecule is Cc1ccc(N=C2SCC(=O)N2Cc2ccccc2)cc1. The molecule has 0 radical (unpaired) electrons. The third-order valence-corrected chi connectivity index (χ3v) is 4.26. The Bertz CT molecular complexity index is 665. The number of aryl methyl sites for hydroxylation is 1. The number of aliphatic imine (C=N–C) groups is 1. The Morgan fingerprint density at radius 3 is 2.52 bits per heavy atom. The fraction of sp³-hybridized carbons (Fsp3) is 0.176. The maximum Gasteiger partial charge on any atom is 0.239 e. The summed E-state index contributed by atoms with van der Waals surface area (Å²) in [5.41, 5.74) is 3.20. The van der Waals surface area contributed by atoms with Gasteiger partial charge in [-0.3, -0.25) is 9.69 Å². The quantitative estimate of drug-likeness (QED) is 0.864. The molecule has 1 heterocycles. The molecule has 0 spiro atoms. The van der Waals surface area contributed by atoms with Gasteiger partial charge in [-0.1, -0.05) is 59.8 Å². The van der Waals surface area contributed by atoms with Crippen molar-refractivity contribution in [3.8, 4) is 0 Å². The molecule has 2 aromatic carbocycles. The maximum absolute atomic E-state index is 12.1. The summed E-state index contributed by atoms with van der Waals surface area (Å²) < 4.78 is 0. The van der Waals surface area contributed by atoms with E-state index in [9.17, 15) is 4.79 Å². The molecule has 0 saturated carbocycles. The van der Waals surface area contributed by atoms with Gasteiger partial charge in [0.05, 0.1) is 18.0 Å². The number of rotatable bonds is 3. The standard InChI is InChI=1S/C17H16N2OS/c1-13-7-9-15(10-8-13)18-17-19(16(20)12-21-17)11-14-5-3-2-4-6-14/h2-10H,11-12H2,1H3. The molecule has 4 heteroatoms. The van der Waals surface area contributed by atoms with Gasteiger partial charge in [0.1, 0.15) is 0 Å². The van der Waals surface area contributed by atoms with E-state index in [1.165, 1.54) is 17.3 Å². The molecule has 106 valence electrons. The summed E-state index contributed by atoms with van der Waals surface area (Å²) in [7, 11) is 0. The molecule has 1 aliphatic rings. The summed E-state index contributed by atoms with van der Waals surface area (Å²) in [5.74, 6) is 0.590. The minimum Gasteiger partial charge on any atom is -0.286 e. The van der Waals surface area contributed by atoms with E-state index in [0.29, 0.717) is 12.3 Å². The Hall–Kier alpha value is -2.07. The molecule has 0 aliphatic carbocycles. The predicted molar refractivity (Wildman–Crippen MR) is 87.7 cm³/mol. The van der Waals surface area contributed by atoms with Crippen LogP contribution in [0.15, 0.2) is 59.6 Å². The lowest BCUT2D eigenvalue weighted by atomic mass is 10.2. The van der Waals surface area contributed by atoms with Crippen LogP contribution in [-0.2, 0) is 11.3 Å². The largest absolute Gasteiger partial charge is 0.286 e.